The van der Waals surface area contributed by atoms with E-state index in [1.807, 2.05) is 6.07 Å². The largest absolute Gasteiger partial charge is 0.507 e. The summed E-state index contributed by atoms with van der Waals surface area (Å²) in [5.74, 6) is 0.528. The van der Waals surface area contributed by atoms with E-state index in [9.17, 15) is 5.11 Å². The Bertz CT molecular complexity index is 436. The Morgan fingerprint density at radius 2 is 2.21 bits per heavy atom. The third-order valence-corrected chi connectivity index (χ3v) is 1.66. The van der Waals surface area contributed by atoms with Crippen LogP contribution in [0.5, 0.6) is 5.75 Å². The van der Waals surface area contributed by atoms with Crippen molar-refractivity contribution in [1.29, 1.82) is 0 Å². The van der Waals surface area contributed by atoms with Crippen LogP contribution in [-0.4, -0.2) is 26.5 Å². The first-order valence-electron chi connectivity index (χ1n) is 4.04. The van der Waals surface area contributed by atoms with E-state index in [1.165, 1.54) is 12.5 Å². The van der Waals surface area contributed by atoms with E-state index >= 15 is 0 Å². The summed E-state index contributed by atoms with van der Waals surface area (Å²) in [5, 5.41) is 15.7. The number of rotatable bonds is 2. The van der Waals surface area contributed by atoms with E-state index in [0.29, 0.717) is 11.5 Å². The topological polar surface area (TPSA) is 74.2 Å². The predicted octanol–water partition coefficient (Wildman–Crippen LogP) is 1.26. The normalized spacial score (nSPS) is 10.9. The zero-order valence-electron chi connectivity index (χ0n) is 7.25. The van der Waals surface area contributed by atoms with Gasteiger partial charge in [-0.3, -0.25) is 5.10 Å². The number of nitrogens with one attached hydrogen (secondary N) is 1. The molecule has 2 rings (SSSR count). The highest BCUT2D eigenvalue weighted by atomic mass is 16.3. The van der Waals surface area contributed by atoms with Gasteiger partial charge in [-0.1, -0.05) is 12.1 Å². The van der Waals surface area contributed by atoms with Gasteiger partial charge in [0.05, 0.1) is 0 Å². The molecular formula is C9H8N4O. The number of aliphatic imine (C=N–C) groups is 1. The molecule has 0 spiro atoms. The van der Waals surface area contributed by atoms with Gasteiger partial charge in [0.15, 0.2) is 0 Å². The second-order valence-corrected chi connectivity index (χ2v) is 2.62. The fourth-order valence-corrected chi connectivity index (χ4v) is 0.988. The molecule has 5 nitrogen and oxygen atoms in total. The van der Waals surface area contributed by atoms with Crippen molar-refractivity contribution in [3.63, 3.8) is 0 Å². The van der Waals surface area contributed by atoms with E-state index in [2.05, 4.69) is 20.2 Å². The quantitative estimate of drug-likeness (QED) is 0.697. The van der Waals surface area contributed by atoms with Crippen LogP contribution < -0.4 is 0 Å². The Balaban J connectivity index is 2.23. The molecule has 0 saturated carbocycles. The van der Waals surface area contributed by atoms with Crippen molar-refractivity contribution in [3.8, 4) is 5.75 Å². The third-order valence-electron chi connectivity index (χ3n) is 1.66. The molecule has 2 N–H and O–H groups in total. The Hall–Kier alpha value is -2.17. The molecular weight excluding hydrogens is 180 g/mol. The summed E-state index contributed by atoms with van der Waals surface area (Å²) in [6, 6.07) is 6.92. The number of hydrogen-bond acceptors (Lipinski definition) is 4. The maximum Gasteiger partial charge on any atom is 0.267 e. The monoisotopic (exact) mass is 188 g/mol. The number of aromatic nitrogens is 3. The molecule has 0 saturated heterocycles. The van der Waals surface area contributed by atoms with Crippen molar-refractivity contribution in [2.24, 2.45) is 4.99 Å². The second kappa shape index (κ2) is 3.69. The Morgan fingerprint density at radius 1 is 1.36 bits per heavy atom. The Labute approximate surface area is 80.2 Å². The summed E-state index contributed by atoms with van der Waals surface area (Å²) in [5.41, 5.74) is 0.636. The van der Waals surface area contributed by atoms with E-state index in [4.69, 9.17) is 0 Å². The Morgan fingerprint density at radius 3 is 2.93 bits per heavy atom. The standard InChI is InChI=1S/C9H8N4O/c14-8-4-2-1-3-7(8)5-10-9-11-6-12-13-9/h1-6,14H,(H,11,12,13). The van der Waals surface area contributed by atoms with Crippen LogP contribution in [0.2, 0.25) is 0 Å². The van der Waals surface area contributed by atoms with Gasteiger partial charge in [0, 0.05) is 11.8 Å². The summed E-state index contributed by atoms with van der Waals surface area (Å²) in [7, 11) is 0. The summed E-state index contributed by atoms with van der Waals surface area (Å²) in [6.45, 7) is 0. The van der Waals surface area contributed by atoms with Gasteiger partial charge in [0.2, 0.25) is 0 Å². The highest BCUT2D eigenvalue weighted by Gasteiger charge is 1.95. The van der Waals surface area contributed by atoms with Gasteiger partial charge in [-0.05, 0) is 12.1 Å². The lowest BCUT2D eigenvalue weighted by Crippen LogP contribution is -1.81. The SMILES string of the molecule is Oc1ccccc1C=Nc1nc[nH]n1. The van der Waals surface area contributed by atoms with Crippen molar-refractivity contribution in [3.05, 3.63) is 36.2 Å². The summed E-state index contributed by atoms with van der Waals surface area (Å²) < 4.78 is 0. The third kappa shape index (κ3) is 1.77. The number of nitrogens with zero attached hydrogens (tertiary/aromatic N) is 3. The zero-order valence-corrected chi connectivity index (χ0v) is 7.25. The number of H-pyrrole nitrogens is 1. The molecule has 0 atom stereocenters. The molecule has 0 aliphatic rings. The van der Waals surface area contributed by atoms with Gasteiger partial charge in [-0.15, -0.1) is 5.10 Å². The molecule has 0 radical (unpaired) electrons. The summed E-state index contributed by atoms with van der Waals surface area (Å²) >= 11 is 0. The molecule has 0 aliphatic carbocycles. The molecule has 14 heavy (non-hydrogen) atoms. The Kier molecular flexibility index (Phi) is 2.22. The average molecular weight is 188 g/mol. The van der Waals surface area contributed by atoms with E-state index < -0.39 is 0 Å². The van der Waals surface area contributed by atoms with E-state index in [1.54, 1.807) is 18.2 Å². The number of hydrogen-bond donors (Lipinski definition) is 2. The van der Waals surface area contributed by atoms with Gasteiger partial charge < -0.3 is 5.11 Å². The average Bonchev–Trinajstić information content (AvgIpc) is 2.69. The smallest absolute Gasteiger partial charge is 0.267 e. The van der Waals surface area contributed by atoms with Crippen LogP contribution in [0, 0.1) is 0 Å². The molecule has 1 aromatic carbocycles. The van der Waals surface area contributed by atoms with Crippen molar-refractivity contribution >= 4 is 12.2 Å². The summed E-state index contributed by atoms with van der Waals surface area (Å²) in [6.07, 6.45) is 2.95. The first-order valence-corrected chi connectivity index (χ1v) is 4.04. The number of phenolic OH excluding ortho intramolecular Hbond substituents is 1. The van der Waals surface area contributed by atoms with Crippen LogP contribution in [0.3, 0.4) is 0 Å². The lowest BCUT2D eigenvalue weighted by Gasteiger charge is -1.94. The fraction of sp³-hybridized carbons (Fsp3) is 0. The predicted molar refractivity (Wildman–Crippen MR) is 51.7 cm³/mol. The number of benzene rings is 1. The molecule has 0 unspecified atom stereocenters. The number of phenols is 1. The number of aromatic amines is 1. The zero-order chi connectivity index (χ0) is 9.80. The minimum absolute atomic E-state index is 0.187. The molecule has 2 aromatic rings. The number of para-hydroxylation sites is 1. The van der Waals surface area contributed by atoms with Crippen LogP contribution in [-0.2, 0) is 0 Å². The van der Waals surface area contributed by atoms with Crippen molar-refractivity contribution in [2.75, 3.05) is 0 Å². The van der Waals surface area contributed by atoms with Crippen LogP contribution in [0.25, 0.3) is 0 Å². The van der Waals surface area contributed by atoms with Crippen molar-refractivity contribution in [1.82, 2.24) is 15.2 Å². The first kappa shape index (κ1) is 8.43. The molecule has 1 aromatic heterocycles. The van der Waals surface area contributed by atoms with E-state index in [-0.39, 0.29) is 5.75 Å². The van der Waals surface area contributed by atoms with Gasteiger partial charge in [-0.25, -0.2) is 4.99 Å². The minimum Gasteiger partial charge on any atom is -0.507 e. The second-order valence-electron chi connectivity index (χ2n) is 2.62. The van der Waals surface area contributed by atoms with Crippen LogP contribution >= 0.6 is 0 Å². The molecule has 1 heterocycles. The molecule has 0 fully saturated rings. The van der Waals surface area contributed by atoms with Gasteiger partial charge >= 0.3 is 0 Å². The van der Waals surface area contributed by atoms with Crippen molar-refractivity contribution in [2.45, 2.75) is 0 Å². The molecule has 70 valence electrons. The molecule has 0 aliphatic heterocycles. The molecule has 5 heteroatoms. The van der Waals surface area contributed by atoms with E-state index in [0.717, 1.165) is 0 Å². The number of aromatic hydroxyl groups is 1. The maximum absolute atomic E-state index is 9.40. The highest BCUT2D eigenvalue weighted by molar-refractivity contribution is 5.84. The fourth-order valence-electron chi connectivity index (χ4n) is 0.988. The highest BCUT2D eigenvalue weighted by Crippen LogP contribution is 2.13. The maximum atomic E-state index is 9.40. The van der Waals surface area contributed by atoms with Crippen molar-refractivity contribution < 1.29 is 5.11 Å². The van der Waals surface area contributed by atoms with Gasteiger partial charge in [0.25, 0.3) is 5.95 Å². The molecule has 0 bridgehead atoms. The van der Waals surface area contributed by atoms with Crippen LogP contribution in [0.15, 0.2) is 35.6 Å². The minimum atomic E-state index is 0.187. The van der Waals surface area contributed by atoms with Crippen LogP contribution in [0.1, 0.15) is 5.56 Å². The summed E-state index contributed by atoms with van der Waals surface area (Å²) in [4.78, 5) is 7.77. The lowest BCUT2D eigenvalue weighted by molar-refractivity contribution is 0.474. The molecule has 0 amide bonds. The van der Waals surface area contributed by atoms with Crippen LogP contribution in [0.4, 0.5) is 5.95 Å². The van der Waals surface area contributed by atoms with Gasteiger partial charge in [0.1, 0.15) is 12.1 Å². The van der Waals surface area contributed by atoms with Gasteiger partial charge in [-0.2, -0.15) is 4.98 Å². The lowest BCUT2D eigenvalue weighted by atomic mass is 10.2. The first-order chi connectivity index (χ1) is 6.86.